The van der Waals surface area contributed by atoms with E-state index in [1.807, 2.05) is 31.2 Å². The van der Waals surface area contributed by atoms with Gasteiger partial charge in [0.05, 0.1) is 23.9 Å². The van der Waals surface area contributed by atoms with Crippen LogP contribution in [0.25, 0.3) is 21.6 Å². The highest BCUT2D eigenvalue weighted by atomic mass is 16.3. The maximum atomic E-state index is 12.2. The number of nitrogens with one attached hydrogen (secondary N) is 1. The molecule has 0 spiro atoms. The van der Waals surface area contributed by atoms with Gasteiger partial charge in [-0.1, -0.05) is 29.8 Å². The molecule has 11 heteroatoms. The van der Waals surface area contributed by atoms with Gasteiger partial charge in [-0.3, -0.25) is 4.79 Å². The number of carbonyl (C=O) groups is 1. The molecule has 164 valence electrons. The van der Waals surface area contributed by atoms with E-state index in [0.29, 0.717) is 29.9 Å². The first-order valence-electron chi connectivity index (χ1n) is 10.3. The lowest BCUT2D eigenvalue weighted by molar-refractivity contribution is -0.128. The minimum Gasteiger partial charge on any atom is -0.389 e. The second-order valence-corrected chi connectivity index (χ2v) is 8.56. The Morgan fingerprint density at radius 2 is 2.22 bits per heavy atom. The van der Waals surface area contributed by atoms with Crippen molar-refractivity contribution in [1.29, 1.82) is 0 Å². The Hall–Kier alpha value is -3.53. The number of hydrogen-bond acceptors (Lipinski definition) is 8. The van der Waals surface area contributed by atoms with Gasteiger partial charge in [-0.25, -0.2) is 15.0 Å². The molecule has 2 aliphatic rings. The van der Waals surface area contributed by atoms with Crippen LogP contribution in [-0.4, -0.2) is 47.7 Å². The number of rotatable bonds is 6. The Kier molecular flexibility index (Phi) is 4.63. The lowest BCUT2D eigenvalue weighted by atomic mass is 9.95. The van der Waals surface area contributed by atoms with Crippen LogP contribution in [0.5, 0.6) is 0 Å². The minimum absolute atomic E-state index is 0.0878. The zero-order valence-corrected chi connectivity index (χ0v) is 17.5. The second kappa shape index (κ2) is 7.27. The van der Waals surface area contributed by atoms with Crippen molar-refractivity contribution in [3.8, 4) is 0 Å². The first-order valence-corrected chi connectivity index (χ1v) is 10.3. The molecule has 0 amide bonds. The number of aryl methyl sites for hydroxylation is 1. The molecule has 2 unspecified atom stereocenters. The van der Waals surface area contributed by atoms with Gasteiger partial charge in [-0.05, 0) is 42.4 Å². The van der Waals surface area contributed by atoms with E-state index < -0.39 is 23.7 Å². The number of nitrogens with zero attached hydrogens (tertiary/aromatic N) is 7. The Balaban J connectivity index is 1.55. The van der Waals surface area contributed by atoms with E-state index in [0.717, 1.165) is 11.1 Å². The number of ketones is 1. The van der Waals surface area contributed by atoms with Crippen LogP contribution in [0.15, 0.2) is 35.7 Å². The van der Waals surface area contributed by atoms with E-state index in [4.69, 9.17) is 5.53 Å². The summed E-state index contributed by atoms with van der Waals surface area (Å²) in [6.45, 7) is 3.92. The molecular weight excluding hydrogens is 412 g/mol. The van der Waals surface area contributed by atoms with E-state index in [2.05, 4.69) is 30.3 Å². The predicted octanol–water partition coefficient (Wildman–Crippen LogP) is 2.56. The van der Waals surface area contributed by atoms with Gasteiger partial charge in [0.15, 0.2) is 11.5 Å². The second-order valence-electron chi connectivity index (χ2n) is 8.56. The Morgan fingerprint density at radius 3 is 2.91 bits per heavy atom. The summed E-state index contributed by atoms with van der Waals surface area (Å²) < 4.78 is 1.65. The molecule has 2 aliphatic carbocycles. The highest BCUT2D eigenvalue weighted by molar-refractivity contribution is 5.88. The molecule has 0 aliphatic heterocycles. The molecule has 1 aromatic carbocycles. The normalized spacial score (nSPS) is 28.2. The van der Waals surface area contributed by atoms with Crippen molar-refractivity contribution in [2.45, 2.75) is 45.1 Å². The van der Waals surface area contributed by atoms with Crippen molar-refractivity contribution < 1.29 is 15.0 Å². The SMILES string of the molecule is CC(=O)[C@]12CC1[C@@H](n1cnc3c(NCc4cccc(C)c4)nc(N=[N+]=[N-])nc31)[C@H](O)C2O. The molecule has 32 heavy (non-hydrogen) atoms. The number of carbonyl (C=O) groups excluding carboxylic acids is 1. The van der Waals surface area contributed by atoms with Crippen molar-refractivity contribution in [3.63, 3.8) is 0 Å². The molecule has 2 aromatic heterocycles. The van der Waals surface area contributed by atoms with Gasteiger partial charge in [-0.2, -0.15) is 0 Å². The van der Waals surface area contributed by atoms with E-state index >= 15 is 0 Å². The van der Waals surface area contributed by atoms with Gasteiger partial charge in [0, 0.05) is 11.5 Å². The number of benzene rings is 1. The maximum Gasteiger partial charge on any atom is 0.220 e. The number of aliphatic hydroxyl groups excluding tert-OH is 2. The Labute approximate surface area is 182 Å². The van der Waals surface area contributed by atoms with Crippen molar-refractivity contribution in [2.24, 2.45) is 16.4 Å². The summed E-state index contributed by atoms with van der Waals surface area (Å²) in [5.41, 5.74) is 10.9. The fraction of sp³-hybridized carbons (Fsp3) is 0.429. The van der Waals surface area contributed by atoms with Gasteiger partial charge >= 0.3 is 0 Å². The number of imidazole rings is 1. The maximum absolute atomic E-state index is 12.2. The highest BCUT2D eigenvalue weighted by Gasteiger charge is 2.74. The quantitative estimate of drug-likeness (QED) is 0.305. The molecule has 2 heterocycles. The molecule has 11 nitrogen and oxygen atoms in total. The molecule has 0 saturated heterocycles. The van der Waals surface area contributed by atoms with E-state index in [-0.39, 0.29) is 17.6 Å². The van der Waals surface area contributed by atoms with Crippen LogP contribution < -0.4 is 5.32 Å². The van der Waals surface area contributed by atoms with Crippen LogP contribution in [0.2, 0.25) is 0 Å². The third-order valence-electron chi connectivity index (χ3n) is 6.74. The fourth-order valence-corrected chi connectivity index (χ4v) is 5.11. The van der Waals surface area contributed by atoms with Gasteiger partial charge in [-0.15, -0.1) is 0 Å². The predicted molar refractivity (Wildman–Crippen MR) is 115 cm³/mol. The van der Waals surface area contributed by atoms with Gasteiger partial charge in [0.25, 0.3) is 0 Å². The number of anilines is 1. The van der Waals surface area contributed by atoms with Gasteiger partial charge in [0.1, 0.15) is 17.4 Å². The molecule has 3 N–H and O–H groups in total. The first-order chi connectivity index (χ1) is 15.4. The molecule has 0 bridgehead atoms. The number of fused-ring (bicyclic) bond motifs is 2. The number of Topliss-reactive ketones (excluding diaryl/α,β-unsaturated/α-hetero) is 1. The lowest BCUT2D eigenvalue weighted by Crippen LogP contribution is -2.36. The summed E-state index contributed by atoms with van der Waals surface area (Å²) in [6, 6.07) is 7.43. The summed E-state index contributed by atoms with van der Waals surface area (Å²) in [7, 11) is 0. The van der Waals surface area contributed by atoms with Crippen molar-refractivity contribution in [3.05, 3.63) is 52.2 Å². The van der Waals surface area contributed by atoms with Gasteiger partial charge < -0.3 is 20.1 Å². The molecule has 3 aromatic rings. The van der Waals surface area contributed by atoms with Crippen molar-refractivity contribution in [1.82, 2.24) is 19.5 Å². The van der Waals surface area contributed by atoms with Crippen LogP contribution in [-0.2, 0) is 11.3 Å². The summed E-state index contributed by atoms with van der Waals surface area (Å²) in [6.07, 6.45) is -0.273. The topological polar surface area (TPSA) is 162 Å². The van der Waals surface area contributed by atoms with Crippen LogP contribution in [0, 0.1) is 18.3 Å². The van der Waals surface area contributed by atoms with Crippen LogP contribution in [0.1, 0.15) is 30.5 Å². The van der Waals surface area contributed by atoms with Gasteiger partial charge in [0.2, 0.25) is 5.95 Å². The average molecular weight is 434 g/mol. The number of azide groups is 1. The summed E-state index contributed by atoms with van der Waals surface area (Å²) in [5, 5.41) is 28.1. The monoisotopic (exact) mass is 434 g/mol. The Morgan fingerprint density at radius 1 is 1.41 bits per heavy atom. The summed E-state index contributed by atoms with van der Waals surface area (Å²) in [5.74, 6) is -0.0515. The van der Waals surface area contributed by atoms with E-state index in [1.165, 1.54) is 13.3 Å². The van der Waals surface area contributed by atoms with Crippen LogP contribution in [0.3, 0.4) is 0 Å². The zero-order valence-electron chi connectivity index (χ0n) is 17.5. The smallest absolute Gasteiger partial charge is 0.220 e. The first kappa shape index (κ1) is 20.4. The number of aromatic nitrogens is 4. The molecular formula is C21H22N8O3. The summed E-state index contributed by atoms with van der Waals surface area (Å²) >= 11 is 0. The third-order valence-corrected chi connectivity index (χ3v) is 6.74. The van der Waals surface area contributed by atoms with E-state index in [1.54, 1.807) is 4.57 Å². The molecule has 2 fully saturated rings. The fourth-order valence-electron chi connectivity index (χ4n) is 5.11. The van der Waals surface area contributed by atoms with Crippen molar-refractivity contribution in [2.75, 3.05) is 5.32 Å². The van der Waals surface area contributed by atoms with Crippen LogP contribution in [0.4, 0.5) is 11.8 Å². The molecule has 0 radical (unpaired) electrons. The summed E-state index contributed by atoms with van der Waals surface area (Å²) in [4.78, 5) is 28.0. The molecule has 5 rings (SSSR count). The largest absolute Gasteiger partial charge is 0.389 e. The number of aliphatic hydroxyl groups is 2. The standard InChI is InChI=1S/C21H22N8O3/c1-10-4-3-5-12(6-10)8-23-18-14-19(26-20(25-18)27-28-22)29(9-24-14)15-13-7-21(13,11(2)30)17(32)16(15)31/h3-6,9,13,15-17,31-32H,7-8H2,1-2H3,(H,23,25,26)/t13?,15-,16+,17?,21-/m1/s1. The van der Waals surface area contributed by atoms with E-state index in [9.17, 15) is 15.0 Å². The Bertz CT molecular complexity index is 1280. The average Bonchev–Trinajstić information content (AvgIpc) is 3.31. The minimum atomic E-state index is -1.15. The molecule has 5 atom stereocenters. The lowest BCUT2D eigenvalue weighted by Gasteiger charge is -2.23. The highest BCUT2D eigenvalue weighted by Crippen LogP contribution is 2.68. The zero-order chi connectivity index (χ0) is 22.6. The van der Waals surface area contributed by atoms with Crippen LogP contribution >= 0.6 is 0 Å². The molecule has 2 saturated carbocycles. The third kappa shape index (κ3) is 2.94. The number of hydrogen-bond donors (Lipinski definition) is 3. The van der Waals surface area contributed by atoms with Crippen molar-refractivity contribution >= 4 is 28.7 Å².